The molecule has 0 amide bonds. The molecule has 3 nitrogen and oxygen atoms in total. The first-order valence-corrected chi connectivity index (χ1v) is 9.10. The molecule has 0 saturated heterocycles. The number of rotatable bonds is 6. The minimum Gasteiger partial charge on any atom is -0.395 e. The van der Waals surface area contributed by atoms with E-state index in [1.165, 1.54) is 11.1 Å². The van der Waals surface area contributed by atoms with Gasteiger partial charge in [-0.2, -0.15) is 11.8 Å². The molecule has 0 N–H and O–H groups in total. The zero-order valence-corrected chi connectivity index (χ0v) is 14.4. The third-order valence-corrected chi connectivity index (χ3v) is 4.52. The summed E-state index contributed by atoms with van der Waals surface area (Å²) >= 11 is 1.85. The molecule has 0 aliphatic rings. The molecule has 3 aromatic carbocycles. The Morgan fingerprint density at radius 2 is 1.12 bits per heavy atom. The Bertz CT molecular complexity index is 786. The molecule has 0 unspecified atom stereocenters. The number of carbonyl (C=O) groups is 1. The first kappa shape index (κ1) is 17.1. The van der Waals surface area contributed by atoms with Gasteiger partial charge >= 0.3 is 6.16 Å². The van der Waals surface area contributed by atoms with Gasteiger partial charge in [-0.1, -0.05) is 60.7 Å². The second-order valence-electron chi connectivity index (χ2n) is 5.39. The van der Waals surface area contributed by atoms with Crippen LogP contribution in [0.15, 0.2) is 84.9 Å². The van der Waals surface area contributed by atoms with E-state index in [0.29, 0.717) is 11.5 Å². The number of para-hydroxylation sites is 1. The number of carbonyl (C=O) groups excluding carboxylic acids is 1. The molecule has 0 aliphatic carbocycles. The largest absolute Gasteiger partial charge is 0.519 e. The highest BCUT2D eigenvalue weighted by Crippen LogP contribution is 2.20. The van der Waals surface area contributed by atoms with Gasteiger partial charge in [-0.3, -0.25) is 0 Å². The van der Waals surface area contributed by atoms with Crippen molar-refractivity contribution in [3.63, 3.8) is 0 Å². The van der Waals surface area contributed by atoms with Crippen molar-refractivity contribution in [2.75, 3.05) is 0 Å². The van der Waals surface area contributed by atoms with Gasteiger partial charge < -0.3 is 9.47 Å². The number of hydrogen-bond acceptors (Lipinski definition) is 4. The fraction of sp³-hybridized carbons (Fsp3) is 0.0952. The topological polar surface area (TPSA) is 35.5 Å². The van der Waals surface area contributed by atoms with E-state index in [9.17, 15) is 4.79 Å². The molecule has 4 heteroatoms. The van der Waals surface area contributed by atoms with E-state index in [1.807, 2.05) is 36.0 Å². The molecule has 0 aromatic heterocycles. The summed E-state index contributed by atoms with van der Waals surface area (Å²) in [4.78, 5) is 11.7. The summed E-state index contributed by atoms with van der Waals surface area (Å²) in [5, 5.41) is 0. The van der Waals surface area contributed by atoms with Gasteiger partial charge in [0.05, 0.1) is 0 Å². The van der Waals surface area contributed by atoms with Gasteiger partial charge in [-0.25, -0.2) is 4.79 Å². The second kappa shape index (κ2) is 8.94. The minimum absolute atomic E-state index is 0.460. The van der Waals surface area contributed by atoms with Gasteiger partial charge in [0.1, 0.15) is 11.5 Å². The maximum absolute atomic E-state index is 11.7. The van der Waals surface area contributed by atoms with Gasteiger partial charge in [0.25, 0.3) is 0 Å². The fourth-order valence-electron chi connectivity index (χ4n) is 2.22. The maximum atomic E-state index is 11.7. The molecule has 3 rings (SSSR count). The molecule has 0 radical (unpaired) electrons. The lowest BCUT2D eigenvalue weighted by Gasteiger charge is -2.06. The molecular formula is C21H18O3S. The van der Waals surface area contributed by atoms with Crippen molar-refractivity contribution >= 4 is 17.9 Å². The molecule has 0 saturated carbocycles. The van der Waals surface area contributed by atoms with Gasteiger partial charge in [-0.05, 0) is 35.4 Å². The molecule has 0 heterocycles. The van der Waals surface area contributed by atoms with Crippen molar-refractivity contribution in [2.45, 2.75) is 11.5 Å². The standard InChI is InChI=1S/C21H18O3S/c22-21(23-19-9-5-2-6-10-19)24-20-13-11-18(12-14-20)16-25-15-17-7-3-1-4-8-17/h1-14H,15-16H2. The Balaban J connectivity index is 1.46. The Morgan fingerprint density at radius 3 is 1.72 bits per heavy atom. The highest BCUT2D eigenvalue weighted by Gasteiger charge is 2.07. The summed E-state index contributed by atoms with van der Waals surface area (Å²) in [6, 6.07) is 26.7. The Morgan fingerprint density at radius 1 is 0.640 bits per heavy atom. The van der Waals surface area contributed by atoms with Crippen molar-refractivity contribution in [1.29, 1.82) is 0 Å². The summed E-state index contributed by atoms with van der Waals surface area (Å²) < 4.78 is 10.3. The monoisotopic (exact) mass is 350 g/mol. The van der Waals surface area contributed by atoms with Crippen molar-refractivity contribution in [1.82, 2.24) is 0 Å². The molecular weight excluding hydrogens is 332 g/mol. The summed E-state index contributed by atoms with van der Waals surface area (Å²) in [6.45, 7) is 0. The lowest BCUT2D eigenvalue weighted by atomic mass is 10.2. The van der Waals surface area contributed by atoms with Gasteiger partial charge in [-0.15, -0.1) is 0 Å². The normalized spacial score (nSPS) is 10.2. The van der Waals surface area contributed by atoms with E-state index in [-0.39, 0.29) is 0 Å². The van der Waals surface area contributed by atoms with Crippen LogP contribution in [0.1, 0.15) is 11.1 Å². The molecule has 126 valence electrons. The van der Waals surface area contributed by atoms with Crippen LogP contribution < -0.4 is 9.47 Å². The minimum atomic E-state index is -0.739. The molecule has 25 heavy (non-hydrogen) atoms. The predicted octanol–water partition coefficient (Wildman–Crippen LogP) is 5.70. The third kappa shape index (κ3) is 5.69. The Labute approximate surface area is 151 Å². The molecule has 3 aromatic rings. The van der Waals surface area contributed by atoms with Gasteiger partial charge in [0.2, 0.25) is 0 Å². The van der Waals surface area contributed by atoms with E-state index in [1.54, 1.807) is 36.4 Å². The molecule has 0 aliphatic heterocycles. The highest BCUT2D eigenvalue weighted by atomic mass is 32.2. The van der Waals surface area contributed by atoms with Crippen LogP contribution in [-0.2, 0) is 11.5 Å². The fourth-order valence-corrected chi connectivity index (χ4v) is 3.17. The first-order valence-electron chi connectivity index (χ1n) is 7.95. The number of benzene rings is 3. The zero-order chi connectivity index (χ0) is 17.3. The first-order chi connectivity index (χ1) is 12.3. The number of ether oxygens (including phenoxy) is 2. The average molecular weight is 350 g/mol. The second-order valence-corrected chi connectivity index (χ2v) is 6.38. The smallest absolute Gasteiger partial charge is 0.395 e. The lowest BCUT2D eigenvalue weighted by Crippen LogP contribution is -2.13. The van der Waals surface area contributed by atoms with Crippen molar-refractivity contribution < 1.29 is 14.3 Å². The predicted molar refractivity (Wildman–Crippen MR) is 101 cm³/mol. The van der Waals surface area contributed by atoms with E-state index in [4.69, 9.17) is 9.47 Å². The van der Waals surface area contributed by atoms with E-state index < -0.39 is 6.16 Å². The van der Waals surface area contributed by atoms with Crippen LogP contribution in [0, 0.1) is 0 Å². The van der Waals surface area contributed by atoms with Crippen molar-refractivity contribution in [3.8, 4) is 11.5 Å². The van der Waals surface area contributed by atoms with Crippen LogP contribution in [-0.4, -0.2) is 6.16 Å². The average Bonchev–Trinajstić information content (AvgIpc) is 2.65. The zero-order valence-electron chi connectivity index (χ0n) is 13.6. The Kier molecular flexibility index (Phi) is 6.12. The molecule has 0 spiro atoms. The number of hydrogen-bond donors (Lipinski definition) is 0. The molecule has 0 fully saturated rings. The quantitative estimate of drug-likeness (QED) is 0.422. The summed E-state index contributed by atoms with van der Waals surface area (Å²) in [7, 11) is 0. The van der Waals surface area contributed by atoms with Crippen LogP contribution in [0.2, 0.25) is 0 Å². The summed E-state index contributed by atoms with van der Waals surface area (Å²) in [5.74, 6) is 2.81. The lowest BCUT2D eigenvalue weighted by molar-refractivity contribution is 0.152. The Hall–Kier alpha value is -2.72. The van der Waals surface area contributed by atoms with E-state index in [0.717, 1.165) is 11.5 Å². The number of thioether (sulfide) groups is 1. The van der Waals surface area contributed by atoms with Crippen molar-refractivity contribution in [3.05, 3.63) is 96.1 Å². The van der Waals surface area contributed by atoms with Crippen LogP contribution in [0.5, 0.6) is 11.5 Å². The molecule has 0 bridgehead atoms. The van der Waals surface area contributed by atoms with E-state index in [2.05, 4.69) is 24.3 Å². The summed E-state index contributed by atoms with van der Waals surface area (Å²) in [6.07, 6.45) is -0.739. The third-order valence-electron chi connectivity index (χ3n) is 3.45. The van der Waals surface area contributed by atoms with Crippen LogP contribution >= 0.6 is 11.8 Å². The molecule has 0 atom stereocenters. The SMILES string of the molecule is O=C(Oc1ccccc1)Oc1ccc(CSCc2ccccc2)cc1. The summed E-state index contributed by atoms with van der Waals surface area (Å²) in [5.41, 5.74) is 2.50. The van der Waals surface area contributed by atoms with Gasteiger partial charge in [0, 0.05) is 11.5 Å². The van der Waals surface area contributed by atoms with Crippen LogP contribution in [0.4, 0.5) is 4.79 Å². The van der Waals surface area contributed by atoms with Crippen molar-refractivity contribution in [2.24, 2.45) is 0 Å². The van der Waals surface area contributed by atoms with E-state index >= 15 is 0 Å². The van der Waals surface area contributed by atoms with Crippen LogP contribution in [0.25, 0.3) is 0 Å². The highest BCUT2D eigenvalue weighted by molar-refractivity contribution is 7.97. The van der Waals surface area contributed by atoms with Crippen LogP contribution in [0.3, 0.4) is 0 Å². The maximum Gasteiger partial charge on any atom is 0.519 e. The van der Waals surface area contributed by atoms with Gasteiger partial charge in [0.15, 0.2) is 0 Å².